The Kier molecular flexibility index (Phi) is 4.81. The van der Waals surface area contributed by atoms with Crippen LogP contribution in [0.2, 0.25) is 0 Å². The number of likely N-dealkylation sites (tertiary alicyclic amines) is 1. The lowest BCUT2D eigenvalue weighted by Gasteiger charge is -2.22. The summed E-state index contributed by atoms with van der Waals surface area (Å²) in [4.78, 5) is 13.9. The van der Waals surface area contributed by atoms with Gasteiger partial charge >= 0.3 is 0 Å². The van der Waals surface area contributed by atoms with Crippen LogP contribution in [0.15, 0.2) is 11.5 Å². The highest BCUT2D eigenvalue weighted by atomic mass is 32.2. The van der Waals surface area contributed by atoms with Gasteiger partial charge in [-0.05, 0) is 26.7 Å². The molecule has 1 saturated heterocycles. The number of carbonyl (C=O) groups excluding carboxylic acids is 1. The van der Waals surface area contributed by atoms with Gasteiger partial charge in [0.1, 0.15) is 6.33 Å². The number of thioether (sulfide) groups is 1. The summed E-state index contributed by atoms with van der Waals surface area (Å²) in [5.41, 5.74) is 0. The molecule has 1 N–H and O–H groups in total. The Labute approximate surface area is 117 Å². The molecule has 0 bridgehead atoms. The summed E-state index contributed by atoms with van der Waals surface area (Å²) in [5.74, 6) is 0.418. The maximum Gasteiger partial charge on any atom is 0.233 e. The summed E-state index contributed by atoms with van der Waals surface area (Å²) < 4.78 is 1.95. The number of hydrogen-bond donors (Lipinski definition) is 1. The molecule has 0 saturated carbocycles. The van der Waals surface area contributed by atoms with Crippen molar-refractivity contribution >= 4 is 17.7 Å². The van der Waals surface area contributed by atoms with Crippen LogP contribution < -0.4 is 0 Å². The Morgan fingerprint density at radius 2 is 2.42 bits per heavy atom. The summed E-state index contributed by atoms with van der Waals surface area (Å²) >= 11 is 1.41. The van der Waals surface area contributed by atoms with Crippen molar-refractivity contribution < 1.29 is 9.90 Å². The number of carbonyl (C=O) groups is 1. The fourth-order valence-electron chi connectivity index (χ4n) is 2.25. The standard InChI is InChI=1S/C12H20N4O2S/c1-9(2)16-8-13-14-12(16)19-7-11(18)15-5-3-4-10(15)6-17/h8-10,17H,3-7H2,1-2H3/t10-/m0/s1. The average Bonchev–Trinajstić information content (AvgIpc) is 3.04. The van der Waals surface area contributed by atoms with E-state index in [1.54, 1.807) is 11.2 Å². The lowest BCUT2D eigenvalue weighted by molar-refractivity contribution is -0.129. The van der Waals surface area contributed by atoms with Crippen LogP contribution in [-0.4, -0.2) is 55.6 Å². The first-order valence-corrected chi connectivity index (χ1v) is 7.54. The predicted octanol–water partition coefficient (Wildman–Crippen LogP) is 0.934. The lowest BCUT2D eigenvalue weighted by atomic mass is 10.2. The van der Waals surface area contributed by atoms with E-state index in [4.69, 9.17) is 0 Å². The van der Waals surface area contributed by atoms with Crippen molar-refractivity contribution in [2.24, 2.45) is 0 Å². The molecule has 6 nitrogen and oxygen atoms in total. The van der Waals surface area contributed by atoms with Gasteiger partial charge in [-0.1, -0.05) is 11.8 Å². The van der Waals surface area contributed by atoms with Crippen LogP contribution in [0.1, 0.15) is 32.7 Å². The molecule has 1 atom stereocenters. The van der Waals surface area contributed by atoms with Crippen LogP contribution in [0.3, 0.4) is 0 Å². The zero-order chi connectivity index (χ0) is 13.8. The second kappa shape index (κ2) is 6.38. The topological polar surface area (TPSA) is 71.2 Å². The molecule has 106 valence electrons. The minimum absolute atomic E-state index is 0.00364. The van der Waals surface area contributed by atoms with E-state index in [1.807, 2.05) is 4.57 Å². The quantitative estimate of drug-likeness (QED) is 0.815. The Morgan fingerprint density at radius 1 is 1.63 bits per heavy atom. The number of rotatable bonds is 5. The summed E-state index contributed by atoms with van der Waals surface area (Å²) in [6.07, 6.45) is 3.56. The first kappa shape index (κ1) is 14.3. The van der Waals surface area contributed by atoms with Gasteiger partial charge in [-0.25, -0.2) is 0 Å². The third kappa shape index (κ3) is 3.27. The van der Waals surface area contributed by atoms with Crippen molar-refractivity contribution in [3.8, 4) is 0 Å². The molecule has 1 aliphatic rings. The molecule has 7 heteroatoms. The maximum absolute atomic E-state index is 12.1. The van der Waals surface area contributed by atoms with Gasteiger partial charge in [0, 0.05) is 12.6 Å². The Hall–Kier alpha value is -1.08. The van der Waals surface area contributed by atoms with Crippen molar-refractivity contribution in [3.05, 3.63) is 6.33 Å². The second-order valence-corrected chi connectivity index (χ2v) is 5.91. The predicted molar refractivity (Wildman–Crippen MR) is 73.0 cm³/mol. The molecule has 0 aromatic carbocycles. The SMILES string of the molecule is CC(C)n1cnnc1SCC(=O)N1CCC[C@H]1CO. The average molecular weight is 284 g/mol. The fourth-order valence-corrected chi connectivity index (χ4v) is 3.18. The molecule has 1 aliphatic heterocycles. The normalized spacial score (nSPS) is 19.4. The van der Waals surface area contributed by atoms with Gasteiger partial charge in [-0.2, -0.15) is 0 Å². The zero-order valence-corrected chi connectivity index (χ0v) is 12.1. The summed E-state index contributed by atoms with van der Waals surface area (Å²) in [7, 11) is 0. The summed E-state index contributed by atoms with van der Waals surface area (Å²) in [6, 6.07) is 0.278. The van der Waals surface area contributed by atoms with Crippen LogP contribution in [0, 0.1) is 0 Å². The molecule has 19 heavy (non-hydrogen) atoms. The monoisotopic (exact) mass is 284 g/mol. The Bertz CT molecular complexity index is 435. The van der Waals surface area contributed by atoms with Gasteiger partial charge < -0.3 is 14.6 Å². The van der Waals surface area contributed by atoms with Crippen LogP contribution in [-0.2, 0) is 4.79 Å². The highest BCUT2D eigenvalue weighted by Crippen LogP contribution is 2.22. The molecule has 1 amide bonds. The van der Waals surface area contributed by atoms with Crippen molar-refractivity contribution in [1.29, 1.82) is 0 Å². The number of nitrogens with zero attached hydrogens (tertiary/aromatic N) is 4. The summed E-state index contributed by atoms with van der Waals surface area (Å²) in [5, 5.41) is 17.9. The highest BCUT2D eigenvalue weighted by molar-refractivity contribution is 7.99. The van der Waals surface area contributed by atoms with E-state index in [2.05, 4.69) is 24.0 Å². The largest absolute Gasteiger partial charge is 0.394 e. The molecular formula is C12H20N4O2S. The van der Waals surface area contributed by atoms with Crippen molar-refractivity contribution in [2.75, 3.05) is 18.9 Å². The number of aliphatic hydroxyl groups excluding tert-OH is 1. The van der Waals surface area contributed by atoms with E-state index in [-0.39, 0.29) is 24.6 Å². The van der Waals surface area contributed by atoms with E-state index >= 15 is 0 Å². The molecule has 1 fully saturated rings. The van der Waals surface area contributed by atoms with Crippen LogP contribution in [0.25, 0.3) is 0 Å². The molecule has 1 aromatic rings. The number of amides is 1. The molecule has 0 aliphatic carbocycles. The first-order valence-electron chi connectivity index (χ1n) is 6.56. The van der Waals surface area contributed by atoms with Crippen molar-refractivity contribution in [1.82, 2.24) is 19.7 Å². The Balaban J connectivity index is 1.91. The van der Waals surface area contributed by atoms with Gasteiger partial charge in [0.15, 0.2) is 5.16 Å². The molecule has 0 unspecified atom stereocenters. The smallest absolute Gasteiger partial charge is 0.233 e. The maximum atomic E-state index is 12.1. The minimum atomic E-state index is -0.00364. The van der Waals surface area contributed by atoms with E-state index in [0.717, 1.165) is 24.5 Å². The summed E-state index contributed by atoms with van der Waals surface area (Å²) in [6.45, 7) is 4.91. The second-order valence-electron chi connectivity index (χ2n) is 4.97. The van der Waals surface area contributed by atoms with Crippen LogP contribution >= 0.6 is 11.8 Å². The Morgan fingerprint density at radius 3 is 3.11 bits per heavy atom. The highest BCUT2D eigenvalue weighted by Gasteiger charge is 2.28. The van der Waals surface area contributed by atoms with Crippen molar-refractivity contribution in [2.45, 2.75) is 43.9 Å². The van der Waals surface area contributed by atoms with Gasteiger partial charge in [0.25, 0.3) is 0 Å². The lowest BCUT2D eigenvalue weighted by Crippen LogP contribution is -2.38. The fraction of sp³-hybridized carbons (Fsp3) is 0.750. The van der Waals surface area contributed by atoms with Gasteiger partial charge in [-0.15, -0.1) is 10.2 Å². The third-order valence-electron chi connectivity index (χ3n) is 3.33. The van der Waals surface area contributed by atoms with Crippen LogP contribution in [0.4, 0.5) is 0 Å². The van der Waals surface area contributed by atoms with Gasteiger partial charge in [-0.3, -0.25) is 4.79 Å². The molecule has 0 spiro atoms. The number of aromatic nitrogens is 3. The first-order chi connectivity index (χ1) is 9.13. The van der Waals surface area contributed by atoms with Crippen molar-refractivity contribution in [3.63, 3.8) is 0 Å². The van der Waals surface area contributed by atoms with E-state index in [0.29, 0.717) is 5.75 Å². The molecule has 0 radical (unpaired) electrons. The molecule has 1 aromatic heterocycles. The van der Waals surface area contributed by atoms with E-state index in [9.17, 15) is 9.90 Å². The molecule has 2 rings (SSSR count). The number of hydrogen-bond acceptors (Lipinski definition) is 5. The van der Waals surface area contributed by atoms with Gasteiger partial charge in [0.2, 0.25) is 5.91 Å². The molecular weight excluding hydrogens is 264 g/mol. The number of aliphatic hydroxyl groups is 1. The van der Waals surface area contributed by atoms with Gasteiger partial charge in [0.05, 0.1) is 18.4 Å². The van der Waals surface area contributed by atoms with E-state index < -0.39 is 0 Å². The minimum Gasteiger partial charge on any atom is -0.394 e. The van der Waals surface area contributed by atoms with Crippen LogP contribution in [0.5, 0.6) is 0 Å². The van der Waals surface area contributed by atoms with E-state index in [1.165, 1.54) is 11.8 Å². The molecule has 2 heterocycles. The zero-order valence-electron chi connectivity index (χ0n) is 11.3. The third-order valence-corrected chi connectivity index (χ3v) is 4.27.